The first kappa shape index (κ1) is 25.6. The minimum absolute atomic E-state index is 0.137. The number of hydrogen-bond acceptors (Lipinski definition) is 6. The van der Waals surface area contributed by atoms with Crippen LogP contribution in [0.5, 0.6) is 11.5 Å². The molecule has 0 radical (unpaired) electrons. The molecule has 0 spiro atoms. The van der Waals surface area contributed by atoms with Gasteiger partial charge in [0.25, 0.3) is 5.91 Å². The third-order valence-electron chi connectivity index (χ3n) is 9.35. The molecule has 1 amide bonds. The average Bonchev–Trinajstić information content (AvgIpc) is 3.78. The SMILES string of the molecule is O=C(c1cc(NCC2CCCCC2)nc2ccc(-c3ccc4c(c3)OCO4)cc12)N1CCC[C@H]1CN1CCCC1. The molecule has 7 rings (SSSR count). The number of pyridine rings is 1. The van der Waals surface area contributed by atoms with E-state index < -0.39 is 0 Å². The van der Waals surface area contributed by atoms with Crippen molar-refractivity contribution in [2.24, 2.45) is 5.92 Å². The summed E-state index contributed by atoms with van der Waals surface area (Å²) in [6, 6.07) is 14.6. The lowest BCUT2D eigenvalue weighted by Gasteiger charge is -2.29. The van der Waals surface area contributed by atoms with E-state index in [-0.39, 0.29) is 18.7 Å². The molecule has 0 bridgehead atoms. The molecule has 4 heterocycles. The normalized spacial score (nSPS) is 21.4. The highest BCUT2D eigenvalue weighted by Crippen LogP contribution is 2.37. The van der Waals surface area contributed by atoms with Crippen molar-refractivity contribution in [2.45, 2.75) is 63.8 Å². The van der Waals surface area contributed by atoms with Gasteiger partial charge in [0.05, 0.1) is 11.1 Å². The molecule has 1 saturated carbocycles. The van der Waals surface area contributed by atoms with Crippen LogP contribution in [0.2, 0.25) is 0 Å². The molecule has 1 atom stereocenters. The minimum atomic E-state index is 0.137. The van der Waals surface area contributed by atoms with E-state index in [4.69, 9.17) is 14.5 Å². The topological polar surface area (TPSA) is 66.9 Å². The molecule has 40 heavy (non-hydrogen) atoms. The Morgan fingerprint density at radius 1 is 0.850 bits per heavy atom. The van der Waals surface area contributed by atoms with Gasteiger partial charge in [-0.25, -0.2) is 4.98 Å². The van der Waals surface area contributed by atoms with Crippen LogP contribution in [0.25, 0.3) is 22.0 Å². The Labute approximate surface area is 236 Å². The molecule has 2 aromatic carbocycles. The Kier molecular flexibility index (Phi) is 7.23. The molecular weight excluding hydrogens is 500 g/mol. The molecule has 7 heteroatoms. The van der Waals surface area contributed by atoms with Crippen LogP contribution >= 0.6 is 0 Å². The number of ether oxygens (including phenoxy) is 2. The van der Waals surface area contributed by atoms with Gasteiger partial charge in [-0.1, -0.05) is 31.4 Å². The standard InChI is InChI=1S/C33H40N4O3/c38-33(37-16-6-9-26(37)21-36-14-4-5-15-36)28-19-32(34-20-23-7-2-1-3-8-23)35-29-12-10-24(17-27(28)29)25-11-13-30-31(18-25)40-22-39-30/h10-13,17-19,23,26H,1-9,14-16,20-22H2,(H,34,35)/t26-/m0/s1. The van der Waals surface area contributed by atoms with E-state index in [2.05, 4.69) is 39.4 Å². The fraction of sp³-hybridized carbons (Fsp3) is 0.515. The van der Waals surface area contributed by atoms with Crippen LogP contribution in [0.15, 0.2) is 42.5 Å². The number of anilines is 1. The number of nitrogens with zero attached hydrogens (tertiary/aromatic N) is 3. The molecule has 2 saturated heterocycles. The number of aromatic nitrogens is 1. The predicted octanol–water partition coefficient (Wildman–Crippen LogP) is 6.32. The molecule has 210 valence electrons. The summed E-state index contributed by atoms with van der Waals surface area (Å²) in [5, 5.41) is 4.53. The van der Waals surface area contributed by atoms with Crippen LogP contribution < -0.4 is 14.8 Å². The van der Waals surface area contributed by atoms with Crippen molar-refractivity contribution in [1.82, 2.24) is 14.8 Å². The van der Waals surface area contributed by atoms with Gasteiger partial charge < -0.3 is 24.6 Å². The molecule has 1 aromatic heterocycles. The van der Waals surface area contributed by atoms with E-state index in [0.717, 1.165) is 90.5 Å². The summed E-state index contributed by atoms with van der Waals surface area (Å²) in [5.41, 5.74) is 3.69. The fourth-order valence-electron chi connectivity index (χ4n) is 7.10. The molecule has 3 aromatic rings. The van der Waals surface area contributed by atoms with E-state index in [9.17, 15) is 4.79 Å². The Morgan fingerprint density at radius 2 is 1.65 bits per heavy atom. The van der Waals surface area contributed by atoms with Gasteiger partial charge in [0.1, 0.15) is 5.82 Å². The van der Waals surface area contributed by atoms with Crippen LogP contribution in [0.4, 0.5) is 5.82 Å². The first-order chi connectivity index (χ1) is 19.7. The van der Waals surface area contributed by atoms with Crippen molar-refractivity contribution in [2.75, 3.05) is 44.8 Å². The smallest absolute Gasteiger partial charge is 0.254 e. The summed E-state index contributed by atoms with van der Waals surface area (Å²) in [6.07, 6.45) is 11.2. The Morgan fingerprint density at radius 3 is 2.52 bits per heavy atom. The van der Waals surface area contributed by atoms with Gasteiger partial charge in [-0.15, -0.1) is 0 Å². The number of hydrogen-bond donors (Lipinski definition) is 1. The molecule has 3 fully saturated rings. The third kappa shape index (κ3) is 5.24. The van der Waals surface area contributed by atoms with Crippen LogP contribution in [0.1, 0.15) is 68.1 Å². The first-order valence-electron chi connectivity index (χ1n) is 15.3. The van der Waals surface area contributed by atoms with E-state index in [1.165, 1.54) is 44.9 Å². The monoisotopic (exact) mass is 540 g/mol. The summed E-state index contributed by atoms with van der Waals surface area (Å²) >= 11 is 0. The number of nitrogens with one attached hydrogen (secondary N) is 1. The van der Waals surface area contributed by atoms with Gasteiger partial charge in [-0.2, -0.15) is 0 Å². The zero-order valence-corrected chi connectivity index (χ0v) is 23.4. The van der Waals surface area contributed by atoms with Crippen molar-refractivity contribution < 1.29 is 14.3 Å². The van der Waals surface area contributed by atoms with Crippen LogP contribution in [-0.2, 0) is 0 Å². The van der Waals surface area contributed by atoms with E-state index in [0.29, 0.717) is 5.92 Å². The van der Waals surface area contributed by atoms with Gasteiger partial charge in [-0.05, 0) is 99.0 Å². The number of amides is 1. The Balaban J connectivity index is 1.23. The van der Waals surface area contributed by atoms with Gasteiger partial charge >= 0.3 is 0 Å². The van der Waals surface area contributed by atoms with Crippen LogP contribution in [0, 0.1) is 5.92 Å². The summed E-state index contributed by atoms with van der Waals surface area (Å²) in [7, 11) is 0. The average molecular weight is 541 g/mol. The maximum absolute atomic E-state index is 14.3. The zero-order chi connectivity index (χ0) is 26.9. The zero-order valence-electron chi connectivity index (χ0n) is 23.4. The minimum Gasteiger partial charge on any atom is -0.454 e. The molecule has 4 aliphatic rings. The lowest BCUT2D eigenvalue weighted by Crippen LogP contribution is -2.42. The second-order valence-electron chi connectivity index (χ2n) is 12.0. The van der Waals surface area contributed by atoms with Gasteiger partial charge in [0.2, 0.25) is 6.79 Å². The number of carbonyl (C=O) groups is 1. The van der Waals surface area contributed by atoms with E-state index >= 15 is 0 Å². The largest absolute Gasteiger partial charge is 0.454 e. The quantitative estimate of drug-likeness (QED) is 0.378. The van der Waals surface area contributed by atoms with Crippen molar-refractivity contribution in [3.05, 3.63) is 48.0 Å². The summed E-state index contributed by atoms with van der Waals surface area (Å²) in [5.74, 6) is 3.16. The number of carbonyl (C=O) groups excluding carboxylic acids is 1. The second kappa shape index (κ2) is 11.3. The van der Waals surface area contributed by atoms with Gasteiger partial charge in [0, 0.05) is 31.1 Å². The highest BCUT2D eigenvalue weighted by Gasteiger charge is 2.32. The highest BCUT2D eigenvalue weighted by molar-refractivity contribution is 6.08. The van der Waals surface area contributed by atoms with Crippen molar-refractivity contribution in [3.8, 4) is 22.6 Å². The number of fused-ring (bicyclic) bond motifs is 2. The maximum atomic E-state index is 14.3. The molecule has 7 nitrogen and oxygen atoms in total. The third-order valence-corrected chi connectivity index (χ3v) is 9.35. The number of rotatable bonds is 7. The molecular formula is C33H40N4O3. The van der Waals surface area contributed by atoms with Crippen molar-refractivity contribution in [1.29, 1.82) is 0 Å². The lowest BCUT2D eigenvalue weighted by atomic mass is 9.89. The molecule has 1 N–H and O–H groups in total. The fourth-order valence-corrected chi connectivity index (χ4v) is 7.10. The first-order valence-corrected chi connectivity index (χ1v) is 15.3. The summed E-state index contributed by atoms with van der Waals surface area (Å²) < 4.78 is 11.1. The number of benzene rings is 2. The van der Waals surface area contributed by atoms with Crippen molar-refractivity contribution in [3.63, 3.8) is 0 Å². The Bertz CT molecular complexity index is 1380. The molecule has 0 unspecified atom stereocenters. The van der Waals surface area contributed by atoms with Crippen LogP contribution in [-0.4, -0.2) is 66.2 Å². The summed E-state index contributed by atoms with van der Waals surface area (Å²) in [4.78, 5) is 24.0. The lowest BCUT2D eigenvalue weighted by molar-refractivity contribution is 0.0710. The maximum Gasteiger partial charge on any atom is 0.254 e. The van der Waals surface area contributed by atoms with E-state index in [1.807, 2.05) is 18.2 Å². The van der Waals surface area contributed by atoms with Crippen LogP contribution in [0.3, 0.4) is 0 Å². The Hall–Kier alpha value is -3.32. The number of likely N-dealkylation sites (tertiary alicyclic amines) is 2. The van der Waals surface area contributed by atoms with Gasteiger partial charge in [-0.3, -0.25) is 4.79 Å². The highest BCUT2D eigenvalue weighted by atomic mass is 16.7. The second-order valence-corrected chi connectivity index (χ2v) is 12.0. The van der Waals surface area contributed by atoms with E-state index in [1.54, 1.807) is 0 Å². The summed E-state index contributed by atoms with van der Waals surface area (Å²) in [6.45, 7) is 5.31. The molecule has 3 aliphatic heterocycles. The molecule has 1 aliphatic carbocycles. The predicted molar refractivity (Wildman–Crippen MR) is 158 cm³/mol. The van der Waals surface area contributed by atoms with Gasteiger partial charge in [0.15, 0.2) is 11.5 Å². The van der Waals surface area contributed by atoms with Crippen molar-refractivity contribution >= 4 is 22.6 Å².